The van der Waals surface area contributed by atoms with Crippen molar-refractivity contribution in [3.63, 3.8) is 0 Å². The SMILES string of the molecule is Cc1cc(CNC(C)(C)C)nc(NC2CC2)n1. The standard InChI is InChI=1S/C13H22N4/c1-9-7-11(8-14-13(2,3)4)17-12(15-9)16-10-5-6-10/h7,10,14H,5-6,8H2,1-4H3,(H,15,16,17). The van der Waals surface area contributed by atoms with Gasteiger partial charge in [0.1, 0.15) is 0 Å². The maximum absolute atomic E-state index is 4.53. The van der Waals surface area contributed by atoms with Gasteiger partial charge in [0.05, 0.1) is 5.69 Å². The average molecular weight is 234 g/mol. The van der Waals surface area contributed by atoms with Crippen LogP contribution >= 0.6 is 0 Å². The molecule has 17 heavy (non-hydrogen) atoms. The number of hydrogen-bond acceptors (Lipinski definition) is 4. The summed E-state index contributed by atoms with van der Waals surface area (Å²) >= 11 is 0. The predicted octanol–water partition coefficient (Wildman–Crippen LogP) is 2.25. The number of anilines is 1. The Morgan fingerprint density at radius 3 is 2.59 bits per heavy atom. The van der Waals surface area contributed by atoms with Crippen LogP contribution in [0.5, 0.6) is 0 Å². The highest BCUT2D eigenvalue weighted by Gasteiger charge is 2.22. The first-order valence-electron chi connectivity index (χ1n) is 6.28. The van der Waals surface area contributed by atoms with Crippen molar-refractivity contribution < 1.29 is 0 Å². The van der Waals surface area contributed by atoms with Gasteiger partial charge in [0.2, 0.25) is 5.95 Å². The third-order valence-electron chi connectivity index (χ3n) is 2.62. The maximum Gasteiger partial charge on any atom is 0.223 e. The summed E-state index contributed by atoms with van der Waals surface area (Å²) in [5.41, 5.74) is 2.19. The van der Waals surface area contributed by atoms with Crippen LogP contribution in [0.3, 0.4) is 0 Å². The van der Waals surface area contributed by atoms with Crippen LogP contribution in [0, 0.1) is 6.92 Å². The Hall–Kier alpha value is -1.16. The van der Waals surface area contributed by atoms with Crippen molar-refractivity contribution in [2.24, 2.45) is 0 Å². The van der Waals surface area contributed by atoms with Crippen molar-refractivity contribution in [2.75, 3.05) is 5.32 Å². The van der Waals surface area contributed by atoms with E-state index in [4.69, 9.17) is 0 Å². The van der Waals surface area contributed by atoms with Crippen LogP contribution in [0.4, 0.5) is 5.95 Å². The lowest BCUT2D eigenvalue weighted by molar-refractivity contribution is 0.421. The zero-order valence-electron chi connectivity index (χ0n) is 11.2. The normalized spacial score (nSPS) is 16.0. The minimum atomic E-state index is 0.114. The molecule has 0 aliphatic heterocycles. The summed E-state index contributed by atoms with van der Waals surface area (Å²) in [5.74, 6) is 0.776. The predicted molar refractivity (Wildman–Crippen MR) is 70.0 cm³/mol. The number of nitrogens with zero attached hydrogens (tertiary/aromatic N) is 2. The number of rotatable bonds is 4. The molecule has 1 saturated carbocycles. The Labute approximate surface area is 103 Å². The second-order valence-corrected chi connectivity index (χ2v) is 5.85. The summed E-state index contributed by atoms with van der Waals surface area (Å²) in [4.78, 5) is 8.94. The van der Waals surface area contributed by atoms with Gasteiger partial charge in [0.15, 0.2) is 0 Å². The fraction of sp³-hybridized carbons (Fsp3) is 0.692. The first kappa shape index (κ1) is 12.3. The molecule has 0 amide bonds. The van der Waals surface area contributed by atoms with E-state index < -0.39 is 0 Å². The summed E-state index contributed by atoms with van der Waals surface area (Å²) in [6, 6.07) is 2.64. The van der Waals surface area contributed by atoms with E-state index in [1.165, 1.54) is 12.8 Å². The zero-order chi connectivity index (χ0) is 12.5. The van der Waals surface area contributed by atoms with Gasteiger partial charge >= 0.3 is 0 Å². The van der Waals surface area contributed by atoms with Gasteiger partial charge < -0.3 is 10.6 Å². The van der Waals surface area contributed by atoms with Crippen molar-refractivity contribution in [2.45, 2.75) is 58.7 Å². The molecule has 2 rings (SSSR count). The first-order chi connectivity index (χ1) is 7.92. The van der Waals surface area contributed by atoms with Gasteiger partial charge in [0.25, 0.3) is 0 Å². The van der Waals surface area contributed by atoms with E-state index in [0.717, 1.165) is 23.9 Å². The molecule has 0 bridgehead atoms. The first-order valence-corrected chi connectivity index (χ1v) is 6.28. The number of aromatic nitrogens is 2. The molecule has 1 heterocycles. The molecule has 2 N–H and O–H groups in total. The second-order valence-electron chi connectivity index (χ2n) is 5.85. The van der Waals surface area contributed by atoms with E-state index >= 15 is 0 Å². The van der Waals surface area contributed by atoms with Gasteiger partial charge in [-0.1, -0.05) is 0 Å². The van der Waals surface area contributed by atoms with Gasteiger partial charge in [-0.15, -0.1) is 0 Å². The molecule has 1 aliphatic carbocycles. The summed E-state index contributed by atoms with van der Waals surface area (Å²) in [7, 11) is 0. The molecular formula is C13H22N4. The van der Waals surface area contributed by atoms with Crippen molar-refractivity contribution in [1.82, 2.24) is 15.3 Å². The van der Waals surface area contributed by atoms with Crippen molar-refractivity contribution in [1.29, 1.82) is 0 Å². The van der Waals surface area contributed by atoms with E-state index in [0.29, 0.717) is 6.04 Å². The number of nitrogens with one attached hydrogen (secondary N) is 2. The highest BCUT2D eigenvalue weighted by atomic mass is 15.1. The van der Waals surface area contributed by atoms with Crippen molar-refractivity contribution >= 4 is 5.95 Å². The van der Waals surface area contributed by atoms with Gasteiger partial charge in [-0.05, 0) is 46.6 Å². The van der Waals surface area contributed by atoms with Crippen LogP contribution < -0.4 is 10.6 Å². The van der Waals surface area contributed by atoms with Gasteiger partial charge in [0, 0.05) is 23.8 Å². The van der Waals surface area contributed by atoms with Crippen molar-refractivity contribution in [3.05, 3.63) is 17.5 Å². The molecule has 0 saturated heterocycles. The van der Waals surface area contributed by atoms with Crippen LogP contribution in [0.15, 0.2) is 6.07 Å². The lowest BCUT2D eigenvalue weighted by Gasteiger charge is -2.20. The third-order valence-corrected chi connectivity index (χ3v) is 2.62. The largest absolute Gasteiger partial charge is 0.351 e. The average Bonchev–Trinajstić information content (AvgIpc) is 2.97. The molecule has 1 fully saturated rings. The zero-order valence-corrected chi connectivity index (χ0v) is 11.2. The third kappa shape index (κ3) is 4.30. The summed E-state index contributed by atoms with van der Waals surface area (Å²) < 4.78 is 0. The van der Waals surface area contributed by atoms with Crippen LogP contribution in [0.1, 0.15) is 45.0 Å². The van der Waals surface area contributed by atoms with E-state index in [-0.39, 0.29) is 5.54 Å². The molecule has 0 unspecified atom stereocenters. The van der Waals surface area contributed by atoms with Crippen molar-refractivity contribution in [3.8, 4) is 0 Å². The number of hydrogen-bond donors (Lipinski definition) is 2. The Morgan fingerprint density at radius 1 is 1.29 bits per heavy atom. The molecule has 4 heteroatoms. The smallest absolute Gasteiger partial charge is 0.223 e. The van der Waals surface area contributed by atoms with E-state index in [2.05, 4.69) is 41.4 Å². The topological polar surface area (TPSA) is 49.8 Å². The summed E-state index contributed by atoms with van der Waals surface area (Å²) in [6.45, 7) is 9.27. The molecule has 4 nitrogen and oxygen atoms in total. The lowest BCUT2D eigenvalue weighted by atomic mass is 10.1. The Morgan fingerprint density at radius 2 is 2.00 bits per heavy atom. The Bertz CT molecular complexity index is 391. The van der Waals surface area contributed by atoms with Gasteiger partial charge in [-0.2, -0.15) is 0 Å². The number of aryl methyl sites for hydroxylation is 1. The lowest BCUT2D eigenvalue weighted by Crippen LogP contribution is -2.35. The highest BCUT2D eigenvalue weighted by molar-refractivity contribution is 5.31. The van der Waals surface area contributed by atoms with Gasteiger partial charge in [-0.3, -0.25) is 0 Å². The maximum atomic E-state index is 4.53. The molecular weight excluding hydrogens is 212 g/mol. The second kappa shape index (κ2) is 4.61. The molecule has 94 valence electrons. The van der Waals surface area contributed by atoms with Crippen LogP contribution in [-0.2, 0) is 6.54 Å². The van der Waals surface area contributed by atoms with E-state index in [9.17, 15) is 0 Å². The highest BCUT2D eigenvalue weighted by Crippen LogP contribution is 2.23. The minimum absolute atomic E-state index is 0.114. The fourth-order valence-corrected chi connectivity index (χ4v) is 1.55. The summed E-state index contributed by atoms with van der Waals surface area (Å²) in [5, 5.41) is 6.79. The molecule has 0 atom stereocenters. The van der Waals surface area contributed by atoms with E-state index in [1.54, 1.807) is 0 Å². The Balaban J connectivity index is 2.02. The Kier molecular flexibility index (Phi) is 3.33. The van der Waals surface area contributed by atoms with E-state index in [1.807, 2.05) is 13.0 Å². The quantitative estimate of drug-likeness (QED) is 0.839. The summed E-state index contributed by atoms with van der Waals surface area (Å²) in [6.07, 6.45) is 2.49. The molecule has 1 aliphatic rings. The van der Waals surface area contributed by atoms with Crippen LogP contribution in [0.2, 0.25) is 0 Å². The molecule has 0 spiro atoms. The molecule has 0 aromatic carbocycles. The van der Waals surface area contributed by atoms with Crippen LogP contribution in [-0.4, -0.2) is 21.5 Å². The minimum Gasteiger partial charge on any atom is -0.351 e. The van der Waals surface area contributed by atoms with Crippen LogP contribution in [0.25, 0.3) is 0 Å². The molecule has 1 aromatic heterocycles. The monoisotopic (exact) mass is 234 g/mol. The fourth-order valence-electron chi connectivity index (χ4n) is 1.55. The molecule has 0 radical (unpaired) electrons. The molecule has 1 aromatic rings. The van der Waals surface area contributed by atoms with Gasteiger partial charge in [-0.25, -0.2) is 9.97 Å².